The normalized spacial score (nSPS) is 9.94. The van der Waals surface area contributed by atoms with E-state index < -0.39 is 5.82 Å². The summed E-state index contributed by atoms with van der Waals surface area (Å²) in [6, 6.07) is 4.65. The van der Waals surface area contributed by atoms with Crippen molar-refractivity contribution in [1.82, 2.24) is 5.43 Å². The van der Waals surface area contributed by atoms with Gasteiger partial charge in [0.1, 0.15) is 0 Å². The maximum atomic E-state index is 13.2. The second-order valence-electron chi connectivity index (χ2n) is 3.45. The first kappa shape index (κ1) is 12.4. The summed E-state index contributed by atoms with van der Waals surface area (Å²) in [4.78, 5) is 10.8. The average molecular weight is 226 g/mol. The summed E-state index contributed by atoms with van der Waals surface area (Å²) < 4.78 is 18.4. The number of carbonyl (C=O) groups is 1. The van der Waals surface area contributed by atoms with Crippen molar-refractivity contribution in [3.8, 4) is 5.75 Å². The summed E-state index contributed by atoms with van der Waals surface area (Å²) in [5.74, 6) is 4.47. The van der Waals surface area contributed by atoms with Crippen LogP contribution in [0.15, 0.2) is 18.2 Å². The molecule has 3 N–H and O–H groups in total. The van der Waals surface area contributed by atoms with Gasteiger partial charge >= 0.3 is 0 Å². The van der Waals surface area contributed by atoms with Crippen LogP contribution in [0.2, 0.25) is 0 Å². The Bertz CT molecular complexity index is 369. The van der Waals surface area contributed by atoms with E-state index >= 15 is 0 Å². The zero-order valence-corrected chi connectivity index (χ0v) is 9.13. The molecule has 0 heterocycles. The maximum absolute atomic E-state index is 13.2. The second kappa shape index (κ2) is 6.07. The smallest absolute Gasteiger partial charge is 0.234 e. The van der Waals surface area contributed by atoms with Crippen LogP contribution in [0.1, 0.15) is 18.4 Å². The van der Waals surface area contributed by atoms with Gasteiger partial charge in [-0.1, -0.05) is 6.07 Å². The van der Waals surface area contributed by atoms with Crippen LogP contribution in [-0.4, -0.2) is 12.5 Å². The van der Waals surface area contributed by atoms with Gasteiger partial charge in [0, 0.05) is 6.42 Å². The molecule has 4 nitrogen and oxygen atoms in total. The number of benzene rings is 1. The lowest BCUT2D eigenvalue weighted by atomic mass is 10.2. The highest BCUT2D eigenvalue weighted by atomic mass is 19.1. The molecule has 0 bridgehead atoms. The van der Waals surface area contributed by atoms with Crippen LogP contribution in [0.5, 0.6) is 5.75 Å². The molecular formula is C11H15FN2O2. The van der Waals surface area contributed by atoms with Crippen LogP contribution in [0.25, 0.3) is 0 Å². The number of nitrogens with two attached hydrogens (primary N) is 1. The highest BCUT2D eigenvalue weighted by Crippen LogP contribution is 2.18. The van der Waals surface area contributed by atoms with Crippen LogP contribution >= 0.6 is 0 Å². The van der Waals surface area contributed by atoms with Gasteiger partial charge in [-0.2, -0.15) is 0 Å². The molecule has 0 saturated carbocycles. The first-order valence-corrected chi connectivity index (χ1v) is 5.02. The molecule has 0 radical (unpaired) electrons. The number of rotatable bonds is 5. The van der Waals surface area contributed by atoms with Crippen molar-refractivity contribution in [1.29, 1.82) is 0 Å². The third kappa shape index (κ3) is 3.86. The maximum Gasteiger partial charge on any atom is 0.234 e. The molecule has 0 aliphatic rings. The largest absolute Gasteiger partial charge is 0.490 e. The lowest BCUT2D eigenvalue weighted by Gasteiger charge is -2.07. The number of ether oxygens (including phenoxy) is 1. The van der Waals surface area contributed by atoms with E-state index in [1.165, 1.54) is 6.07 Å². The molecule has 1 amide bonds. The molecule has 0 aliphatic carbocycles. The Hall–Kier alpha value is -1.62. The van der Waals surface area contributed by atoms with E-state index in [2.05, 4.69) is 0 Å². The molecular weight excluding hydrogens is 211 g/mol. The standard InChI is InChI=1S/C11H15FN2O2/c1-8-4-5-9(12)10(7-8)16-6-2-3-11(15)14-13/h4-5,7H,2-3,6,13H2,1H3,(H,14,15). The molecule has 0 fully saturated rings. The molecule has 1 aromatic rings. The van der Waals surface area contributed by atoms with Gasteiger partial charge in [-0.05, 0) is 31.0 Å². The minimum absolute atomic E-state index is 0.216. The number of hydrazine groups is 1. The first-order valence-electron chi connectivity index (χ1n) is 5.02. The predicted molar refractivity (Wildman–Crippen MR) is 58.2 cm³/mol. The van der Waals surface area contributed by atoms with Crippen LogP contribution in [0, 0.1) is 12.7 Å². The van der Waals surface area contributed by atoms with Crippen LogP contribution < -0.4 is 16.0 Å². The fourth-order valence-corrected chi connectivity index (χ4v) is 1.21. The number of hydrogen-bond acceptors (Lipinski definition) is 3. The van der Waals surface area contributed by atoms with Crippen LogP contribution in [0.3, 0.4) is 0 Å². The van der Waals surface area contributed by atoms with E-state index in [0.29, 0.717) is 6.42 Å². The Morgan fingerprint density at radius 2 is 2.31 bits per heavy atom. The lowest BCUT2D eigenvalue weighted by molar-refractivity contribution is -0.121. The minimum atomic E-state index is -0.395. The molecule has 88 valence electrons. The topological polar surface area (TPSA) is 64.3 Å². The molecule has 0 aromatic heterocycles. The molecule has 0 atom stereocenters. The Kier molecular flexibility index (Phi) is 4.72. The highest BCUT2D eigenvalue weighted by Gasteiger charge is 2.04. The average Bonchev–Trinajstić information content (AvgIpc) is 2.28. The van der Waals surface area contributed by atoms with Crippen LogP contribution in [0.4, 0.5) is 4.39 Å². The SMILES string of the molecule is Cc1ccc(F)c(OCCCC(=O)NN)c1. The fraction of sp³-hybridized carbons (Fsp3) is 0.364. The van der Waals surface area contributed by atoms with Gasteiger partial charge < -0.3 is 4.74 Å². The zero-order chi connectivity index (χ0) is 12.0. The zero-order valence-electron chi connectivity index (χ0n) is 9.13. The van der Waals surface area contributed by atoms with Gasteiger partial charge in [0.25, 0.3) is 0 Å². The fourth-order valence-electron chi connectivity index (χ4n) is 1.21. The summed E-state index contributed by atoms with van der Waals surface area (Å²) in [6.45, 7) is 2.14. The van der Waals surface area contributed by atoms with E-state index in [9.17, 15) is 9.18 Å². The Morgan fingerprint density at radius 1 is 1.56 bits per heavy atom. The molecule has 16 heavy (non-hydrogen) atoms. The van der Waals surface area contributed by atoms with Crippen molar-refractivity contribution in [3.63, 3.8) is 0 Å². The minimum Gasteiger partial charge on any atom is -0.490 e. The Morgan fingerprint density at radius 3 is 3.00 bits per heavy atom. The van der Waals surface area contributed by atoms with Crippen molar-refractivity contribution in [3.05, 3.63) is 29.6 Å². The van der Waals surface area contributed by atoms with Crippen molar-refractivity contribution in [2.45, 2.75) is 19.8 Å². The summed E-state index contributed by atoms with van der Waals surface area (Å²) in [7, 11) is 0. The van der Waals surface area contributed by atoms with Crippen molar-refractivity contribution < 1.29 is 13.9 Å². The monoisotopic (exact) mass is 226 g/mol. The van der Waals surface area contributed by atoms with Crippen molar-refractivity contribution in [2.24, 2.45) is 5.84 Å². The first-order chi connectivity index (χ1) is 7.63. The number of aryl methyl sites for hydroxylation is 1. The van der Waals surface area contributed by atoms with Gasteiger partial charge in [-0.25, -0.2) is 10.2 Å². The molecule has 5 heteroatoms. The third-order valence-electron chi connectivity index (χ3n) is 2.05. The molecule has 0 spiro atoms. The number of hydrogen-bond donors (Lipinski definition) is 2. The lowest BCUT2D eigenvalue weighted by Crippen LogP contribution is -2.29. The summed E-state index contributed by atoms with van der Waals surface area (Å²) in [5, 5.41) is 0. The van der Waals surface area contributed by atoms with Crippen molar-refractivity contribution >= 4 is 5.91 Å². The van der Waals surface area contributed by atoms with E-state index in [1.807, 2.05) is 12.3 Å². The Labute approximate surface area is 93.6 Å². The molecule has 1 aromatic carbocycles. The predicted octanol–water partition coefficient (Wildman–Crippen LogP) is 1.28. The Balaban J connectivity index is 2.37. The summed E-state index contributed by atoms with van der Waals surface area (Å²) in [5.41, 5.74) is 2.94. The van der Waals surface area contributed by atoms with Gasteiger partial charge in [-0.3, -0.25) is 10.2 Å². The van der Waals surface area contributed by atoms with Gasteiger partial charge in [0.05, 0.1) is 6.61 Å². The number of nitrogens with one attached hydrogen (secondary N) is 1. The molecule has 1 rings (SSSR count). The van der Waals surface area contributed by atoms with E-state index in [4.69, 9.17) is 10.6 Å². The number of carbonyl (C=O) groups excluding carboxylic acids is 1. The molecule has 0 unspecified atom stereocenters. The summed E-state index contributed by atoms with van der Waals surface area (Å²) in [6.07, 6.45) is 0.764. The van der Waals surface area contributed by atoms with Crippen LogP contribution in [-0.2, 0) is 4.79 Å². The molecule has 0 saturated heterocycles. The second-order valence-corrected chi connectivity index (χ2v) is 3.45. The molecule has 0 aliphatic heterocycles. The van der Waals surface area contributed by atoms with Gasteiger partial charge in [0.2, 0.25) is 5.91 Å². The summed E-state index contributed by atoms with van der Waals surface area (Å²) >= 11 is 0. The van der Waals surface area contributed by atoms with E-state index in [1.54, 1.807) is 12.1 Å². The third-order valence-corrected chi connectivity index (χ3v) is 2.05. The van der Waals surface area contributed by atoms with E-state index in [-0.39, 0.29) is 24.7 Å². The van der Waals surface area contributed by atoms with Gasteiger partial charge in [-0.15, -0.1) is 0 Å². The highest BCUT2D eigenvalue weighted by molar-refractivity contribution is 5.75. The van der Waals surface area contributed by atoms with E-state index in [0.717, 1.165) is 5.56 Å². The number of halogens is 1. The number of amides is 1. The van der Waals surface area contributed by atoms with Gasteiger partial charge in [0.15, 0.2) is 11.6 Å². The quantitative estimate of drug-likeness (QED) is 0.344. The van der Waals surface area contributed by atoms with Crippen molar-refractivity contribution in [2.75, 3.05) is 6.61 Å².